The minimum absolute atomic E-state index is 0.0265. The Morgan fingerprint density at radius 2 is 2.04 bits per heavy atom. The second-order valence-corrected chi connectivity index (χ2v) is 6.85. The first-order chi connectivity index (χ1) is 11.7. The van der Waals surface area contributed by atoms with Gasteiger partial charge in [-0.3, -0.25) is 4.79 Å². The van der Waals surface area contributed by atoms with Crippen LogP contribution in [0.4, 0.5) is 5.69 Å². The molecule has 0 saturated carbocycles. The Balaban J connectivity index is 1.78. The number of thiazole rings is 1. The molecule has 4 nitrogen and oxygen atoms in total. The number of aryl methyl sites for hydroxylation is 1. The van der Waals surface area contributed by atoms with Crippen LogP contribution in [0.2, 0.25) is 0 Å². The summed E-state index contributed by atoms with van der Waals surface area (Å²) in [7, 11) is 0. The van der Waals surface area contributed by atoms with Gasteiger partial charge in [-0.2, -0.15) is 5.26 Å². The summed E-state index contributed by atoms with van der Waals surface area (Å²) in [4.78, 5) is 17.8. The van der Waals surface area contributed by atoms with E-state index in [4.69, 9.17) is 0 Å². The lowest BCUT2D eigenvalue weighted by Gasteiger charge is -2.04. The van der Waals surface area contributed by atoms with Crippen LogP contribution >= 0.6 is 22.7 Å². The number of rotatable bonds is 4. The van der Waals surface area contributed by atoms with Crippen LogP contribution in [-0.4, -0.2) is 10.9 Å². The van der Waals surface area contributed by atoms with Gasteiger partial charge >= 0.3 is 0 Å². The lowest BCUT2D eigenvalue weighted by Crippen LogP contribution is -2.13. The molecule has 6 heteroatoms. The van der Waals surface area contributed by atoms with Gasteiger partial charge in [0.05, 0.1) is 10.6 Å². The number of anilines is 1. The molecule has 0 spiro atoms. The summed E-state index contributed by atoms with van der Waals surface area (Å²) in [5, 5.41) is 16.7. The summed E-state index contributed by atoms with van der Waals surface area (Å²) in [6, 6.07) is 13.3. The van der Waals surface area contributed by atoms with Gasteiger partial charge < -0.3 is 5.32 Å². The number of benzene rings is 1. The Morgan fingerprint density at radius 3 is 2.71 bits per heavy atom. The van der Waals surface area contributed by atoms with Gasteiger partial charge in [0.15, 0.2) is 0 Å². The van der Waals surface area contributed by atoms with Gasteiger partial charge in [0.1, 0.15) is 16.6 Å². The van der Waals surface area contributed by atoms with Crippen LogP contribution in [0.3, 0.4) is 0 Å². The second-order valence-electron chi connectivity index (χ2n) is 5.04. The molecule has 24 heavy (non-hydrogen) atoms. The Morgan fingerprint density at radius 1 is 1.25 bits per heavy atom. The Hall–Kier alpha value is -2.75. The second kappa shape index (κ2) is 7.21. The largest absolute Gasteiger partial charge is 0.321 e. The molecule has 2 aromatic heterocycles. The summed E-state index contributed by atoms with van der Waals surface area (Å²) < 4.78 is 0. The summed E-state index contributed by atoms with van der Waals surface area (Å²) in [5.74, 6) is -0.438. The zero-order chi connectivity index (χ0) is 16.9. The van der Waals surface area contributed by atoms with Crippen molar-refractivity contribution in [2.45, 2.75) is 6.92 Å². The van der Waals surface area contributed by atoms with Crippen LogP contribution in [0, 0.1) is 18.3 Å². The van der Waals surface area contributed by atoms with E-state index < -0.39 is 5.91 Å². The predicted octanol–water partition coefficient (Wildman–Crippen LogP) is 4.73. The fourth-order valence-corrected chi connectivity index (χ4v) is 3.59. The third kappa shape index (κ3) is 3.77. The normalized spacial score (nSPS) is 11.1. The maximum Gasteiger partial charge on any atom is 0.266 e. The highest BCUT2D eigenvalue weighted by Crippen LogP contribution is 2.28. The zero-order valence-electron chi connectivity index (χ0n) is 12.8. The molecule has 0 saturated heterocycles. The van der Waals surface area contributed by atoms with Gasteiger partial charge in [-0.05, 0) is 36.6 Å². The smallest absolute Gasteiger partial charge is 0.266 e. The van der Waals surface area contributed by atoms with Crippen LogP contribution in [0.15, 0.2) is 52.7 Å². The van der Waals surface area contributed by atoms with Crippen molar-refractivity contribution in [1.82, 2.24) is 4.98 Å². The van der Waals surface area contributed by atoms with Crippen LogP contribution in [-0.2, 0) is 4.79 Å². The molecule has 3 aromatic rings. The third-order valence-corrected chi connectivity index (χ3v) is 5.12. The average molecular weight is 351 g/mol. The first-order valence-electron chi connectivity index (χ1n) is 7.15. The third-order valence-electron chi connectivity index (χ3n) is 3.22. The van der Waals surface area contributed by atoms with Gasteiger partial charge in [0.25, 0.3) is 5.91 Å². The molecule has 1 N–H and O–H groups in total. The lowest BCUT2D eigenvalue weighted by molar-refractivity contribution is -0.112. The zero-order valence-corrected chi connectivity index (χ0v) is 14.4. The molecule has 2 heterocycles. The first-order valence-corrected chi connectivity index (χ1v) is 8.91. The number of aromatic nitrogens is 1. The van der Waals surface area contributed by atoms with Crippen molar-refractivity contribution in [3.63, 3.8) is 0 Å². The van der Waals surface area contributed by atoms with E-state index in [2.05, 4.69) is 10.3 Å². The Labute approximate surface area is 147 Å². The molecule has 1 amide bonds. The van der Waals surface area contributed by atoms with Crippen LogP contribution < -0.4 is 5.32 Å². The van der Waals surface area contributed by atoms with Gasteiger partial charge in [0, 0.05) is 11.1 Å². The number of nitrogens with zero attached hydrogens (tertiary/aromatic N) is 2. The van der Waals surface area contributed by atoms with Gasteiger partial charge in [-0.15, -0.1) is 22.7 Å². The lowest BCUT2D eigenvalue weighted by atomic mass is 10.2. The van der Waals surface area contributed by atoms with Crippen molar-refractivity contribution in [2.24, 2.45) is 0 Å². The number of hydrogen-bond donors (Lipinski definition) is 1. The predicted molar refractivity (Wildman–Crippen MR) is 98.8 cm³/mol. The molecule has 0 aliphatic carbocycles. The van der Waals surface area contributed by atoms with E-state index in [1.165, 1.54) is 17.4 Å². The highest BCUT2D eigenvalue weighted by Gasteiger charge is 2.11. The number of thiophene rings is 1. The molecule has 0 radical (unpaired) electrons. The molecule has 1 aromatic carbocycles. The van der Waals surface area contributed by atoms with Crippen molar-refractivity contribution in [2.75, 3.05) is 5.32 Å². The maximum atomic E-state index is 12.2. The van der Waals surface area contributed by atoms with Gasteiger partial charge in [-0.1, -0.05) is 23.8 Å². The van der Waals surface area contributed by atoms with E-state index in [1.807, 2.05) is 48.0 Å². The van der Waals surface area contributed by atoms with E-state index in [0.29, 0.717) is 11.4 Å². The highest BCUT2D eigenvalue weighted by molar-refractivity contribution is 7.20. The molecule has 0 unspecified atom stereocenters. The van der Waals surface area contributed by atoms with E-state index in [0.717, 1.165) is 15.4 Å². The minimum Gasteiger partial charge on any atom is -0.321 e. The molecule has 118 valence electrons. The van der Waals surface area contributed by atoms with Crippen molar-refractivity contribution in [3.05, 3.63) is 64.0 Å². The molecule has 0 atom stereocenters. The average Bonchev–Trinajstić information content (AvgIpc) is 3.25. The molecular weight excluding hydrogens is 338 g/mol. The van der Waals surface area contributed by atoms with E-state index in [1.54, 1.807) is 23.5 Å². The summed E-state index contributed by atoms with van der Waals surface area (Å²) in [5.41, 5.74) is 2.40. The standard InChI is InChI=1S/C18H13N3OS2/c1-12-4-6-14(7-5-12)20-17(22)13(10-19)9-15-11-24-18(21-15)16-3-2-8-23-16/h2-9,11H,1H3,(H,20,22)/b13-9-. The number of amides is 1. The van der Waals surface area contributed by atoms with Crippen molar-refractivity contribution >= 4 is 40.3 Å². The monoisotopic (exact) mass is 351 g/mol. The van der Waals surface area contributed by atoms with E-state index in [-0.39, 0.29) is 5.57 Å². The maximum absolute atomic E-state index is 12.2. The van der Waals surface area contributed by atoms with Gasteiger partial charge in [-0.25, -0.2) is 4.98 Å². The number of nitrogens with one attached hydrogen (secondary N) is 1. The highest BCUT2D eigenvalue weighted by atomic mass is 32.1. The van der Waals surface area contributed by atoms with Crippen molar-refractivity contribution < 1.29 is 4.79 Å². The fourth-order valence-electron chi connectivity index (χ4n) is 2.00. The van der Waals surface area contributed by atoms with Gasteiger partial charge in [0.2, 0.25) is 0 Å². The van der Waals surface area contributed by atoms with E-state index in [9.17, 15) is 10.1 Å². The van der Waals surface area contributed by atoms with E-state index >= 15 is 0 Å². The molecule has 0 fully saturated rings. The first kappa shape index (κ1) is 16.1. The Kier molecular flexibility index (Phi) is 4.85. The van der Waals surface area contributed by atoms with Crippen molar-refractivity contribution in [1.29, 1.82) is 5.26 Å². The Bertz CT molecular complexity index is 916. The number of carbonyl (C=O) groups excluding carboxylic acids is 1. The van der Waals surface area contributed by atoms with Crippen LogP contribution in [0.1, 0.15) is 11.3 Å². The van der Waals surface area contributed by atoms with Crippen LogP contribution in [0.5, 0.6) is 0 Å². The molecule has 0 bridgehead atoms. The summed E-state index contributed by atoms with van der Waals surface area (Å²) in [6.45, 7) is 1.97. The minimum atomic E-state index is -0.438. The number of carbonyl (C=O) groups is 1. The molecule has 0 aliphatic rings. The summed E-state index contributed by atoms with van der Waals surface area (Å²) in [6.07, 6.45) is 1.51. The SMILES string of the molecule is Cc1ccc(NC(=O)/C(C#N)=C\c2csc(-c3cccs3)n2)cc1. The quantitative estimate of drug-likeness (QED) is 0.546. The molecule has 3 rings (SSSR count). The molecular formula is C18H13N3OS2. The summed E-state index contributed by atoms with van der Waals surface area (Å²) >= 11 is 3.10. The van der Waals surface area contributed by atoms with Crippen molar-refractivity contribution in [3.8, 4) is 16.0 Å². The van der Waals surface area contributed by atoms with Crippen LogP contribution in [0.25, 0.3) is 16.0 Å². The number of hydrogen-bond acceptors (Lipinski definition) is 5. The number of nitriles is 1. The fraction of sp³-hybridized carbons (Fsp3) is 0.0556. The molecule has 0 aliphatic heterocycles. The topological polar surface area (TPSA) is 65.8 Å².